The van der Waals surface area contributed by atoms with Crippen LogP contribution < -0.4 is 10.3 Å². The minimum Gasteiger partial charge on any atom is -0.480 e. The molecule has 0 saturated carbocycles. The Balaban J connectivity index is 3.32. The van der Waals surface area contributed by atoms with Gasteiger partial charge in [-0.1, -0.05) is 13.8 Å². The van der Waals surface area contributed by atoms with E-state index in [0.717, 1.165) is 4.57 Å². The summed E-state index contributed by atoms with van der Waals surface area (Å²) in [5, 5.41) is 9.22. The van der Waals surface area contributed by atoms with Gasteiger partial charge < -0.3 is 9.84 Å². The van der Waals surface area contributed by atoms with Gasteiger partial charge in [0.1, 0.15) is 10.6 Å². The highest BCUT2D eigenvalue weighted by Crippen LogP contribution is 2.19. The summed E-state index contributed by atoms with van der Waals surface area (Å²) in [6, 6.07) is -0.925. The third-order valence-electron chi connectivity index (χ3n) is 2.38. The number of hydrogen-bond acceptors (Lipinski definition) is 4. The Morgan fingerprint density at radius 2 is 2.22 bits per heavy atom. The maximum absolute atomic E-state index is 12.0. The molecule has 7 heteroatoms. The van der Waals surface area contributed by atoms with Crippen molar-refractivity contribution < 1.29 is 14.6 Å². The Kier molecular flexibility index (Phi) is 4.89. The van der Waals surface area contributed by atoms with Crippen molar-refractivity contribution in [2.24, 2.45) is 5.92 Å². The van der Waals surface area contributed by atoms with E-state index in [1.54, 1.807) is 0 Å². The van der Waals surface area contributed by atoms with Crippen LogP contribution in [0.3, 0.4) is 0 Å². The quantitative estimate of drug-likeness (QED) is 0.893. The van der Waals surface area contributed by atoms with Crippen molar-refractivity contribution in [1.82, 2.24) is 9.55 Å². The summed E-state index contributed by atoms with van der Waals surface area (Å²) in [5.74, 6) is -1.03. The first-order valence-electron chi connectivity index (χ1n) is 5.42. The van der Waals surface area contributed by atoms with Crippen LogP contribution in [0.15, 0.2) is 15.6 Å². The first-order chi connectivity index (χ1) is 8.36. The zero-order chi connectivity index (χ0) is 13.9. The number of aliphatic carboxylic acids is 1. The lowest BCUT2D eigenvalue weighted by molar-refractivity contribution is -0.141. The largest absolute Gasteiger partial charge is 0.480 e. The minimum absolute atomic E-state index is 0.126. The van der Waals surface area contributed by atoms with Gasteiger partial charge in [0, 0.05) is 6.20 Å². The highest BCUT2D eigenvalue weighted by molar-refractivity contribution is 9.10. The van der Waals surface area contributed by atoms with E-state index in [-0.39, 0.29) is 11.8 Å². The highest BCUT2D eigenvalue weighted by Gasteiger charge is 2.24. The van der Waals surface area contributed by atoms with Crippen molar-refractivity contribution >= 4 is 21.9 Å². The van der Waals surface area contributed by atoms with Crippen molar-refractivity contribution in [3.05, 3.63) is 21.2 Å². The third kappa shape index (κ3) is 3.32. The second-order valence-electron chi connectivity index (χ2n) is 4.27. The van der Waals surface area contributed by atoms with Gasteiger partial charge >= 0.3 is 11.5 Å². The molecular formula is C11H15BrN2O4. The van der Waals surface area contributed by atoms with E-state index in [9.17, 15) is 14.7 Å². The molecule has 0 bridgehead atoms. The molecule has 0 amide bonds. The second kappa shape index (κ2) is 5.99. The van der Waals surface area contributed by atoms with E-state index < -0.39 is 17.6 Å². The summed E-state index contributed by atoms with van der Waals surface area (Å²) in [4.78, 5) is 27.1. The number of nitrogens with zero attached hydrogens (tertiary/aromatic N) is 2. The van der Waals surface area contributed by atoms with Crippen LogP contribution >= 0.6 is 15.9 Å². The molecule has 0 aromatic carbocycles. The lowest BCUT2D eigenvalue weighted by atomic mass is 10.0. The first kappa shape index (κ1) is 14.7. The maximum atomic E-state index is 12.0. The van der Waals surface area contributed by atoms with Gasteiger partial charge in [-0.15, -0.1) is 0 Å². The molecule has 1 atom stereocenters. The van der Waals surface area contributed by atoms with E-state index >= 15 is 0 Å². The van der Waals surface area contributed by atoms with Gasteiger partial charge in [0.15, 0.2) is 0 Å². The summed E-state index contributed by atoms with van der Waals surface area (Å²) in [7, 11) is 1.32. The fraction of sp³-hybridized carbons (Fsp3) is 0.545. The van der Waals surface area contributed by atoms with Gasteiger partial charge in [-0.05, 0) is 28.3 Å². The molecule has 0 saturated heterocycles. The van der Waals surface area contributed by atoms with E-state index in [1.165, 1.54) is 13.3 Å². The molecule has 1 rings (SSSR count). The Morgan fingerprint density at radius 3 is 2.67 bits per heavy atom. The molecule has 18 heavy (non-hydrogen) atoms. The van der Waals surface area contributed by atoms with Gasteiger partial charge in [0.05, 0.1) is 7.11 Å². The number of methoxy groups -OCH3 is 1. The number of rotatable bonds is 5. The standard InChI is InChI=1S/C11H15BrN2O4/c1-6(2)4-7(11(16)17)14-5-8(12)13-9(18-3)10(14)15/h5-7H,4H2,1-3H3,(H,16,17). The lowest BCUT2D eigenvalue weighted by Crippen LogP contribution is -2.31. The Bertz CT molecular complexity index is 498. The third-order valence-corrected chi connectivity index (χ3v) is 2.76. The van der Waals surface area contributed by atoms with Crippen molar-refractivity contribution in [2.45, 2.75) is 26.3 Å². The van der Waals surface area contributed by atoms with Crippen LogP contribution in [0.25, 0.3) is 0 Å². The average molecular weight is 319 g/mol. The van der Waals surface area contributed by atoms with Crippen molar-refractivity contribution in [3.63, 3.8) is 0 Å². The molecule has 0 fully saturated rings. The number of carboxylic acid groups (broad SMARTS) is 1. The van der Waals surface area contributed by atoms with Crippen molar-refractivity contribution in [2.75, 3.05) is 7.11 Å². The summed E-state index contributed by atoms with van der Waals surface area (Å²) in [6.07, 6.45) is 1.72. The van der Waals surface area contributed by atoms with Gasteiger partial charge in [-0.25, -0.2) is 4.79 Å². The first-order valence-corrected chi connectivity index (χ1v) is 6.21. The minimum atomic E-state index is -1.05. The number of aromatic nitrogens is 2. The number of carboxylic acids is 1. The molecule has 1 N–H and O–H groups in total. The molecule has 1 unspecified atom stereocenters. The average Bonchev–Trinajstić information content (AvgIpc) is 2.28. The monoisotopic (exact) mass is 318 g/mol. The van der Waals surface area contributed by atoms with Gasteiger partial charge in [-0.3, -0.25) is 9.36 Å². The lowest BCUT2D eigenvalue weighted by Gasteiger charge is -2.18. The fourth-order valence-corrected chi connectivity index (χ4v) is 1.98. The van der Waals surface area contributed by atoms with Crippen LogP contribution in [0.5, 0.6) is 5.88 Å². The zero-order valence-corrected chi connectivity index (χ0v) is 12.0. The molecule has 1 heterocycles. The smallest absolute Gasteiger partial charge is 0.326 e. The number of halogens is 1. The molecule has 0 aliphatic carbocycles. The Hall–Kier alpha value is -1.37. The molecule has 0 radical (unpaired) electrons. The van der Waals surface area contributed by atoms with E-state index in [0.29, 0.717) is 11.0 Å². The van der Waals surface area contributed by atoms with Crippen LogP contribution in [-0.4, -0.2) is 27.7 Å². The van der Waals surface area contributed by atoms with Crippen molar-refractivity contribution in [1.29, 1.82) is 0 Å². The Labute approximate surface area is 113 Å². The van der Waals surface area contributed by atoms with Crippen LogP contribution in [0.2, 0.25) is 0 Å². The molecule has 0 aliphatic rings. The van der Waals surface area contributed by atoms with Crippen LogP contribution in [0, 0.1) is 5.92 Å². The fourth-order valence-electron chi connectivity index (χ4n) is 1.60. The number of hydrogen-bond donors (Lipinski definition) is 1. The summed E-state index contributed by atoms with van der Waals surface area (Å²) >= 11 is 3.13. The molecule has 6 nitrogen and oxygen atoms in total. The summed E-state index contributed by atoms with van der Waals surface area (Å²) in [5.41, 5.74) is -0.547. The molecule has 100 valence electrons. The normalized spacial score (nSPS) is 12.5. The Morgan fingerprint density at radius 1 is 1.61 bits per heavy atom. The maximum Gasteiger partial charge on any atom is 0.326 e. The van der Waals surface area contributed by atoms with Crippen LogP contribution in [0.4, 0.5) is 0 Å². The summed E-state index contributed by atoms with van der Waals surface area (Å²) in [6.45, 7) is 3.79. The number of carbonyl (C=O) groups is 1. The van der Waals surface area contributed by atoms with Crippen LogP contribution in [-0.2, 0) is 4.79 Å². The van der Waals surface area contributed by atoms with E-state index in [1.807, 2.05) is 13.8 Å². The van der Waals surface area contributed by atoms with E-state index in [2.05, 4.69) is 20.9 Å². The van der Waals surface area contributed by atoms with E-state index in [4.69, 9.17) is 4.74 Å². The number of ether oxygens (including phenoxy) is 1. The SMILES string of the molecule is COc1nc(Br)cn(C(CC(C)C)C(=O)O)c1=O. The van der Waals surface area contributed by atoms with Gasteiger partial charge in [-0.2, -0.15) is 4.98 Å². The molecule has 1 aromatic rings. The highest BCUT2D eigenvalue weighted by atomic mass is 79.9. The van der Waals surface area contributed by atoms with Crippen LogP contribution in [0.1, 0.15) is 26.3 Å². The molecule has 0 spiro atoms. The second-order valence-corrected chi connectivity index (χ2v) is 5.08. The predicted molar refractivity (Wildman–Crippen MR) is 68.9 cm³/mol. The molecular weight excluding hydrogens is 304 g/mol. The zero-order valence-electron chi connectivity index (χ0n) is 10.4. The predicted octanol–water partition coefficient (Wildman–Crippen LogP) is 1.69. The van der Waals surface area contributed by atoms with Gasteiger partial charge in [0.25, 0.3) is 5.88 Å². The summed E-state index contributed by atoms with van der Waals surface area (Å²) < 4.78 is 6.33. The van der Waals surface area contributed by atoms with Crippen molar-refractivity contribution in [3.8, 4) is 5.88 Å². The topological polar surface area (TPSA) is 81.4 Å². The van der Waals surface area contributed by atoms with Gasteiger partial charge in [0.2, 0.25) is 0 Å². The molecule has 0 aliphatic heterocycles. The molecule has 1 aromatic heterocycles.